The summed E-state index contributed by atoms with van der Waals surface area (Å²) in [6, 6.07) is 0.970. The molecule has 0 amide bonds. The van der Waals surface area contributed by atoms with Gasteiger partial charge in [-0.2, -0.15) is 0 Å². The first-order valence-electron chi connectivity index (χ1n) is 9.02. The second kappa shape index (κ2) is 9.45. The van der Waals surface area contributed by atoms with E-state index in [2.05, 4.69) is 40.9 Å². The number of nitrogens with zero attached hydrogens (tertiary/aromatic N) is 3. The van der Waals surface area contributed by atoms with Gasteiger partial charge in [-0.15, -0.1) is 0 Å². The van der Waals surface area contributed by atoms with Gasteiger partial charge < -0.3 is 19.7 Å². The Morgan fingerprint density at radius 1 is 1.43 bits per heavy atom. The van der Waals surface area contributed by atoms with Gasteiger partial charge in [0.25, 0.3) is 0 Å². The molecule has 2 saturated heterocycles. The standard InChI is InChI=1S/C17H34N4O2/c1-5-22-13-16-6-7-20(11-16)17(18-4)19-10-14(2)21-8-9-23-12-15(21)3/h14-16H,5-13H2,1-4H3,(H,18,19). The first-order valence-corrected chi connectivity index (χ1v) is 9.02. The molecular formula is C17H34N4O2. The lowest BCUT2D eigenvalue weighted by atomic mass is 10.1. The van der Waals surface area contributed by atoms with Gasteiger partial charge in [0.05, 0.1) is 19.8 Å². The van der Waals surface area contributed by atoms with Crippen LogP contribution in [0.25, 0.3) is 0 Å². The van der Waals surface area contributed by atoms with E-state index in [4.69, 9.17) is 9.47 Å². The fourth-order valence-corrected chi connectivity index (χ4v) is 3.53. The molecule has 3 unspecified atom stereocenters. The third-order valence-corrected chi connectivity index (χ3v) is 4.90. The normalized spacial score (nSPS) is 28.2. The van der Waals surface area contributed by atoms with E-state index < -0.39 is 0 Å². The summed E-state index contributed by atoms with van der Waals surface area (Å²) in [5.41, 5.74) is 0. The summed E-state index contributed by atoms with van der Waals surface area (Å²) in [6.45, 7) is 14.0. The van der Waals surface area contributed by atoms with E-state index in [-0.39, 0.29) is 0 Å². The summed E-state index contributed by atoms with van der Waals surface area (Å²) in [4.78, 5) is 9.35. The summed E-state index contributed by atoms with van der Waals surface area (Å²) < 4.78 is 11.1. The maximum Gasteiger partial charge on any atom is 0.193 e. The Kier molecular flexibility index (Phi) is 7.59. The van der Waals surface area contributed by atoms with Crippen LogP contribution in [-0.2, 0) is 9.47 Å². The van der Waals surface area contributed by atoms with Crippen molar-refractivity contribution >= 4 is 5.96 Å². The van der Waals surface area contributed by atoms with Crippen LogP contribution in [-0.4, -0.2) is 87.5 Å². The Bertz CT molecular complexity index is 378. The maximum atomic E-state index is 5.56. The number of likely N-dealkylation sites (tertiary alicyclic amines) is 1. The van der Waals surface area contributed by atoms with Crippen molar-refractivity contribution in [3.63, 3.8) is 0 Å². The Labute approximate surface area is 141 Å². The number of nitrogens with one attached hydrogen (secondary N) is 1. The first kappa shape index (κ1) is 18.5. The molecule has 2 rings (SSSR count). The first-order chi connectivity index (χ1) is 11.2. The third kappa shape index (κ3) is 5.33. The van der Waals surface area contributed by atoms with Gasteiger partial charge in [-0.3, -0.25) is 9.89 Å². The minimum absolute atomic E-state index is 0.479. The molecule has 2 aliphatic heterocycles. The highest BCUT2D eigenvalue weighted by Crippen LogP contribution is 2.17. The zero-order valence-corrected chi connectivity index (χ0v) is 15.3. The Balaban J connectivity index is 1.76. The molecule has 2 fully saturated rings. The molecule has 0 bridgehead atoms. The second-order valence-electron chi connectivity index (χ2n) is 6.70. The lowest BCUT2D eigenvalue weighted by Crippen LogP contribution is -2.53. The number of ether oxygens (including phenoxy) is 2. The monoisotopic (exact) mass is 326 g/mol. The number of hydrogen-bond acceptors (Lipinski definition) is 4. The van der Waals surface area contributed by atoms with Crippen LogP contribution in [0.2, 0.25) is 0 Å². The van der Waals surface area contributed by atoms with Crippen molar-refractivity contribution in [1.29, 1.82) is 0 Å². The molecule has 0 aromatic rings. The predicted molar refractivity (Wildman–Crippen MR) is 94.0 cm³/mol. The largest absolute Gasteiger partial charge is 0.381 e. The number of aliphatic imine (C=N–C) groups is 1. The van der Waals surface area contributed by atoms with Gasteiger partial charge in [0.15, 0.2) is 5.96 Å². The molecule has 6 nitrogen and oxygen atoms in total. The molecule has 0 radical (unpaired) electrons. The van der Waals surface area contributed by atoms with Crippen molar-refractivity contribution in [2.75, 3.05) is 59.7 Å². The number of guanidine groups is 1. The SMILES string of the molecule is CCOCC1CCN(C(=NC)NCC(C)N2CCOCC2C)C1. The second-order valence-corrected chi connectivity index (χ2v) is 6.70. The quantitative estimate of drug-likeness (QED) is 0.584. The molecule has 0 aromatic carbocycles. The van der Waals surface area contributed by atoms with Crippen molar-refractivity contribution in [2.24, 2.45) is 10.9 Å². The van der Waals surface area contributed by atoms with Crippen molar-refractivity contribution < 1.29 is 9.47 Å². The summed E-state index contributed by atoms with van der Waals surface area (Å²) in [5, 5.41) is 3.56. The van der Waals surface area contributed by atoms with Gasteiger partial charge >= 0.3 is 0 Å². The minimum atomic E-state index is 0.479. The van der Waals surface area contributed by atoms with Gasteiger partial charge in [0.1, 0.15) is 0 Å². The molecule has 0 spiro atoms. The molecule has 0 aliphatic carbocycles. The average molecular weight is 326 g/mol. The van der Waals surface area contributed by atoms with Crippen LogP contribution in [0.15, 0.2) is 4.99 Å². The third-order valence-electron chi connectivity index (χ3n) is 4.90. The molecule has 134 valence electrons. The van der Waals surface area contributed by atoms with Crippen LogP contribution in [0, 0.1) is 5.92 Å². The highest BCUT2D eigenvalue weighted by molar-refractivity contribution is 5.80. The fourth-order valence-electron chi connectivity index (χ4n) is 3.53. The van der Waals surface area contributed by atoms with Gasteiger partial charge in [0.2, 0.25) is 0 Å². The van der Waals surface area contributed by atoms with E-state index in [9.17, 15) is 0 Å². The number of rotatable bonds is 6. The van der Waals surface area contributed by atoms with Crippen molar-refractivity contribution in [1.82, 2.24) is 15.1 Å². The minimum Gasteiger partial charge on any atom is -0.381 e. The van der Waals surface area contributed by atoms with Gasteiger partial charge in [0, 0.05) is 57.8 Å². The summed E-state index contributed by atoms with van der Waals surface area (Å²) in [6.07, 6.45) is 1.19. The lowest BCUT2D eigenvalue weighted by molar-refractivity contribution is -0.0175. The van der Waals surface area contributed by atoms with E-state index in [1.54, 1.807) is 0 Å². The number of morpholine rings is 1. The fraction of sp³-hybridized carbons (Fsp3) is 0.941. The Hall–Kier alpha value is -0.850. The molecular weight excluding hydrogens is 292 g/mol. The van der Waals surface area contributed by atoms with E-state index in [1.165, 1.54) is 6.42 Å². The summed E-state index contributed by atoms with van der Waals surface area (Å²) in [5.74, 6) is 1.65. The average Bonchev–Trinajstić information content (AvgIpc) is 3.02. The molecule has 3 atom stereocenters. The Morgan fingerprint density at radius 2 is 2.26 bits per heavy atom. The topological polar surface area (TPSA) is 49.3 Å². The van der Waals surface area contributed by atoms with Crippen molar-refractivity contribution in [2.45, 2.75) is 39.3 Å². The highest BCUT2D eigenvalue weighted by atomic mass is 16.5. The smallest absolute Gasteiger partial charge is 0.193 e. The van der Waals surface area contributed by atoms with E-state index >= 15 is 0 Å². The molecule has 0 aromatic heterocycles. The molecule has 2 aliphatic rings. The van der Waals surface area contributed by atoms with Crippen LogP contribution in [0.5, 0.6) is 0 Å². The predicted octanol–water partition coefficient (Wildman–Crippen LogP) is 1.03. The molecule has 1 N–H and O–H groups in total. The lowest BCUT2D eigenvalue weighted by Gasteiger charge is -2.38. The zero-order chi connectivity index (χ0) is 16.7. The van der Waals surface area contributed by atoms with Crippen LogP contribution in [0.1, 0.15) is 27.2 Å². The highest BCUT2D eigenvalue weighted by Gasteiger charge is 2.27. The summed E-state index contributed by atoms with van der Waals surface area (Å²) in [7, 11) is 1.88. The molecule has 2 heterocycles. The zero-order valence-electron chi connectivity index (χ0n) is 15.3. The summed E-state index contributed by atoms with van der Waals surface area (Å²) >= 11 is 0. The van der Waals surface area contributed by atoms with Crippen molar-refractivity contribution in [3.05, 3.63) is 0 Å². The van der Waals surface area contributed by atoms with Crippen LogP contribution in [0.4, 0.5) is 0 Å². The van der Waals surface area contributed by atoms with Gasteiger partial charge in [-0.05, 0) is 27.2 Å². The van der Waals surface area contributed by atoms with Crippen LogP contribution in [0.3, 0.4) is 0 Å². The Morgan fingerprint density at radius 3 is 2.96 bits per heavy atom. The van der Waals surface area contributed by atoms with Gasteiger partial charge in [-0.25, -0.2) is 0 Å². The van der Waals surface area contributed by atoms with E-state index in [0.717, 1.165) is 58.6 Å². The van der Waals surface area contributed by atoms with Crippen molar-refractivity contribution in [3.8, 4) is 0 Å². The van der Waals surface area contributed by atoms with Crippen LogP contribution < -0.4 is 5.32 Å². The molecule has 6 heteroatoms. The molecule has 23 heavy (non-hydrogen) atoms. The molecule has 0 saturated carbocycles. The maximum absolute atomic E-state index is 5.56. The van der Waals surface area contributed by atoms with E-state index in [0.29, 0.717) is 18.0 Å². The van der Waals surface area contributed by atoms with E-state index in [1.807, 2.05) is 7.05 Å². The van der Waals surface area contributed by atoms with Gasteiger partial charge in [-0.1, -0.05) is 0 Å². The number of hydrogen-bond donors (Lipinski definition) is 1. The van der Waals surface area contributed by atoms with Crippen LogP contribution >= 0.6 is 0 Å².